The minimum absolute atomic E-state index is 0.142. The highest BCUT2D eigenvalue weighted by Gasteiger charge is 2.21. The molecule has 6 nitrogen and oxygen atoms in total. The Bertz CT molecular complexity index is 729. The van der Waals surface area contributed by atoms with Crippen molar-refractivity contribution in [2.24, 2.45) is 0 Å². The van der Waals surface area contributed by atoms with Crippen molar-refractivity contribution < 1.29 is 4.52 Å². The summed E-state index contributed by atoms with van der Waals surface area (Å²) in [7, 11) is 0. The third-order valence-electron chi connectivity index (χ3n) is 2.93. The molecule has 0 N–H and O–H groups in total. The van der Waals surface area contributed by atoms with Crippen LogP contribution < -0.4 is 5.56 Å². The number of aromatic nitrogens is 3. The molecule has 0 bridgehead atoms. The second-order valence-corrected chi connectivity index (χ2v) is 5.68. The van der Waals surface area contributed by atoms with Crippen LogP contribution in [0.5, 0.6) is 0 Å². The molecular formula is C14H16N4O2. The fraction of sp³-hybridized carbons (Fsp3) is 0.429. The molecule has 0 atom stereocenters. The van der Waals surface area contributed by atoms with Crippen molar-refractivity contribution >= 4 is 0 Å². The summed E-state index contributed by atoms with van der Waals surface area (Å²) >= 11 is 0. The molecular weight excluding hydrogens is 256 g/mol. The maximum atomic E-state index is 12.1. The van der Waals surface area contributed by atoms with Crippen LogP contribution >= 0.6 is 0 Å². The quantitative estimate of drug-likeness (QED) is 0.831. The highest BCUT2D eigenvalue weighted by molar-refractivity contribution is 5.34. The van der Waals surface area contributed by atoms with Gasteiger partial charge in [0.1, 0.15) is 18.2 Å². The van der Waals surface area contributed by atoms with E-state index in [1.807, 2.05) is 26.8 Å². The van der Waals surface area contributed by atoms with Gasteiger partial charge in [-0.3, -0.25) is 4.79 Å². The summed E-state index contributed by atoms with van der Waals surface area (Å²) in [5.41, 5.74) is 0.248. The second-order valence-electron chi connectivity index (χ2n) is 5.68. The van der Waals surface area contributed by atoms with Crippen molar-refractivity contribution in [3.63, 3.8) is 0 Å². The fourth-order valence-corrected chi connectivity index (χ4v) is 1.70. The van der Waals surface area contributed by atoms with E-state index < -0.39 is 0 Å². The first-order chi connectivity index (χ1) is 9.32. The molecule has 0 saturated carbocycles. The topological polar surface area (TPSA) is 84.7 Å². The number of nitrogens with zero attached hydrogens (tertiary/aromatic N) is 4. The number of hydrogen-bond donors (Lipinski definition) is 0. The van der Waals surface area contributed by atoms with Crippen LogP contribution in [0.15, 0.2) is 21.6 Å². The molecule has 104 valence electrons. The van der Waals surface area contributed by atoms with Crippen molar-refractivity contribution in [1.82, 2.24) is 14.7 Å². The van der Waals surface area contributed by atoms with E-state index in [4.69, 9.17) is 9.78 Å². The van der Waals surface area contributed by atoms with Crippen LogP contribution in [0.3, 0.4) is 0 Å². The van der Waals surface area contributed by atoms with Gasteiger partial charge in [-0.25, -0.2) is 0 Å². The van der Waals surface area contributed by atoms with Crippen molar-refractivity contribution in [3.8, 4) is 6.07 Å². The van der Waals surface area contributed by atoms with Crippen molar-refractivity contribution in [3.05, 3.63) is 45.5 Å². The van der Waals surface area contributed by atoms with Gasteiger partial charge in [-0.2, -0.15) is 10.2 Å². The molecule has 2 heterocycles. The van der Waals surface area contributed by atoms with E-state index in [2.05, 4.69) is 10.1 Å². The molecule has 0 aliphatic rings. The molecule has 0 amide bonds. The van der Waals surface area contributed by atoms with Gasteiger partial charge in [-0.05, 0) is 18.6 Å². The molecule has 6 heteroatoms. The van der Waals surface area contributed by atoms with Crippen LogP contribution in [0.1, 0.15) is 43.6 Å². The van der Waals surface area contributed by atoms with Crippen molar-refractivity contribution in [1.29, 1.82) is 5.26 Å². The molecule has 0 aliphatic heterocycles. The highest BCUT2D eigenvalue weighted by atomic mass is 16.5. The smallest absolute Gasteiger partial charge is 0.269 e. The maximum Gasteiger partial charge on any atom is 0.269 e. The summed E-state index contributed by atoms with van der Waals surface area (Å²) in [6.07, 6.45) is 1.62. The van der Waals surface area contributed by atoms with Crippen LogP contribution in [0.4, 0.5) is 0 Å². The largest absolute Gasteiger partial charge is 0.337 e. The summed E-state index contributed by atoms with van der Waals surface area (Å²) in [5.74, 6) is 0.943. The molecule has 0 spiro atoms. The molecule has 2 aromatic rings. The summed E-state index contributed by atoms with van der Waals surface area (Å²) < 4.78 is 6.54. The van der Waals surface area contributed by atoms with Gasteiger partial charge in [0.05, 0.1) is 0 Å². The lowest BCUT2D eigenvalue weighted by molar-refractivity contribution is 0.356. The zero-order chi connectivity index (χ0) is 14.9. The first kappa shape index (κ1) is 14.0. The van der Waals surface area contributed by atoms with Crippen molar-refractivity contribution in [2.45, 2.75) is 39.7 Å². The molecule has 2 aromatic heterocycles. The SMILES string of the molecule is Cc1ccn(Cc2nc(C(C)(C)C)no2)c(=O)c1C#N. The Balaban J connectivity index is 2.35. The summed E-state index contributed by atoms with van der Waals surface area (Å²) in [6.45, 7) is 7.83. The summed E-state index contributed by atoms with van der Waals surface area (Å²) in [5, 5.41) is 12.9. The molecule has 20 heavy (non-hydrogen) atoms. The van der Waals surface area contributed by atoms with Crippen LogP contribution in [-0.2, 0) is 12.0 Å². The molecule has 0 aromatic carbocycles. The van der Waals surface area contributed by atoms with E-state index >= 15 is 0 Å². The lowest BCUT2D eigenvalue weighted by atomic mass is 9.96. The Labute approximate surface area is 116 Å². The van der Waals surface area contributed by atoms with Crippen LogP contribution in [0.25, 0.3) is 0 Å². The van der Waals surface area contributed by atoms with E-state index in [1.54, 1.807) is 19.2 Å². The predicted molar refractivity (Wildman–Crippen MR) is 72.3 cm³/mol. The van der Waals surface area contributed by atoms with Crippen LogP contribution in [-0.4, -0.2) is 14.7 Å². The molecule has 0 aliphatic carbocycles. The van der Waals surface area contributed by atoms with E-state index in [-0.39, 0.29) is 23.1 Å². The Hall–Kier alpha value is -2.42. The Morgan fingerprint density at radius 1 is 1.45 bits per heavy atom. The number of nitriles is 1. The number of rotatable bonds is 2. The Morgan fingerprint density at radius 3 is 2.70 bits per heavy atom. The van der Waals surface area contributed by atoms with Crippen LogP contribution in [0.2, 0.25) is 0 Å². The zero-order valence-electron chi connectivity index (χ0n) is 12.0. The van der Waals surface area contributed by atoms with E-state index in [1.165, 1.54) is 4.57 Å². The highest BCUT2D eigenvalue weighted by Crippen LogP contribution is 2.18. The first-order valence-electron chi connectivity index (χ1n) is 6.26. The predicted octanol–water partition coefficient (Wildman–Crippen LogP) is 1.76. The van der Waals surface area contributed by atoms with Gasteiger partial charge in [0.15, 0.2) is 5.82 Å². The zero-order valence-corrected chi connectivity index (χ0v) is 12.0. The second kappa shape index (κ2) is 4.93. The van der Waals surface area contributed by atoms with E-state index in [0.717, 1.165) is 0 Å². The van der Waals surface area contributed by atoms with Gasteiger partial charge >= 0.3 is 0 Å². The first-order valence-corrected chi connectivity index (χ1v) is 6.26. The van der Waals surface area contributed by atoms with Crippen LogP contribution in [0, 0.1) is 18.3 Å². The van der Waals surface area contributed by atoms with Crippen molar-refractivity contribution in [2.75, 3.05) is 0 Å². The number of hydrogen-bond acceptors (Lipinski definition) is 5. The minimum Gasteiger partial charge on any atom is -0.337 e. The monoisotopic (exact) mass is 272 g/mol. The third-order valence-corrected chi connectivity index (χ3v) is 2.93. The van der Waals surface area contributed by atoms with Gasteiger partial charge in [-0.15, -0.1) is 0 Å². The lowest BCUT2D eigenvalue weighted by Crippen LogP contribution is -2.23. The maximum absolute atomic E-state index is 12.1. The average Bonchev–Trinajstić information content (AvgIpc) is 2.82. The average molecular weight is 272 g/mol. The Morgan fingerprint density at radius 2 is 2.15 bits per heavy atom. The molecule has 0 radical (unpaired) electrons. The normalized spacial score (nSPS) is 11.3. The number of pyridine rings is 1. The summed E-state index contributed by atoms with van der Waals surface area (Å²) in [4.78, 5) is 16.4. The molecule has 2 rings (SSSR count). The van der Waals surface area contributed by atoms with Gasteiger partial charge < -0.3 is 9.09 Å². The molecule has 0 unspecified atom stereocenters. The van der Waals surface area contributed by atoms with Gasteiger partial charge in [0.25, 0.3) is 5.56 Å². The Kier molecular flexibility index (Phi) is 3.45. The van der Waals surface area contributed by atoms with E-state index in [0.29, 0.717) is 17.3 Å². The summed E-state index contributed by atoms with van der Waals surface area (Å²) in [6, 6.07) is 3.64. The van der Waals surface area contributed by atoms with Gasteiger partial charge in [0, 0.05) is 11.6 Å². The fourth-order valence-electron chi connectivity index (χ4n) is 1.70. The number of aryl methyl sites for hydroxylation is 1. The van der Waals surface area contributed by atoms with Gasteiger partial charge in [0.2, 0.25) is 5.89 Å². The minimum atomic E-state index is -0.344. The van der Waals surface area contributed by atoms with E-state index in [9.17, 15) is 4.79 Å². The van der Waals surface area contributed by atoms with Gasteiger partial charge in [-0.1, -0.05) is 25.9 Å². The lowest BCUT2D eigenvalue weighted by Gasteiger charge is -2.10. The standard InChI is InChI=1S/C14H16N4O2/c1-9-5-6-18(12(19)10(9)7-15)8-11-16-13(17-20-11)14(2,3)4/h5-6H,8H2,1-4H3. The molecule has 0 fully saturated rings. The molecule has 0 saturated heterocycles. The third kappa shape index (κ3) is 2.62.